The zero-order valence-corrected chi connectivity index (χ0v) is 11.8. The first-order chi connectivity index (χ1) is 9.63. The van der Waals surface area contributed by atoms with E-state index in [0.29, 0.717) is 18.7 Å². The molecule has 1 heterocycles. The molecule has 0 saturated carbocycles. The van der Waals surface area contributed by atoms with Crippen molar-refractivity contribution in [2.75, 3.05) is 7.11 Å². The van der Waals surface area contributed by atoms with Crippen LogP contribution in [0.15, 0.2) is 36.4 Å². The highest BCUT2D eigenvalue weighted by Crippen LogP contribution is 2.17. The van der Waals surface area contributed by atoms with Crippen molar-refractivity contribution in [3.63, 3.8) is 0 Å². The molecule has 0 aliphatic rings. The first-order valence-corrected chi connectivity index (χ1v) is 6.43. The summed E-state index contributed by atoms with van der Waals surface area (Å²) in [6, 6.07) is 7.83. The van der Waals surface area contributed by atoms with Crippen molar-refractivity contribution in [3.8, 4) is 5.75 Å². The van der Waals surface area contributed by atoms with Gasteiger partial charge in [0.25, 0.3) is 0 Å². The maximum Gasteiger partial charge on any atom is 0.118 e. The van der Waals surface area contributed by atoms with Gasteiger partial charge in [-0.2, -0.15) is 0 Å². The lowest BCUT2D eigenvalue weighted by Crippen LogP contribution is -2.08. The van der Waals surface area contributed by atoms with Crippen LogP contribution in [-0.4, -0.2) is 27.2 Å². The van der Waals surface area contributed by atoms with Crippen LogP contribution in [-0.2, 0) is 19.6 Å². The number of benzene rings is 1. The summed E-state index contributed by atoms with van der Waals surface area (Å²) >= 11 is 0. The van der Waals surface area contributed by atoms with Crippen molar-refractivity contribution in [3.05, 3.63) is 53.4 Å². The highest BCUT2D eigenvalue weighted by atomic mass is 16.5. The molecule has 5 heteroatoms. The molecule has 2 rings (SSSR count). The Labute approximate surface area is 118 Å². The minimum absolute atomic E-state index is 0.109. The van der Waals surface area contributed by atoms with E-state index >= 15 is 0 Å². The second-order valence-corrected chi connectivity index (χ2v) is 4.78. The first-order valence-electron chi connectivity index (χ1n) is 6.43. The lowest BCUT2D eigenvalue weighted by molar-refractivity contribution is 0.275. The Bertz CT molecular complexity index is 588. The highest BCUT2D eigenvalue weighted by molar-refractivity contribution is 5.30. The molecule has 1 aromatic heterocycles. The van der Waals surface area contributed by atoms with Crippen molar-refractivity contribution >= 4 is 0 Å². The van der Waals surface area contributed by atoms with Crippen LogP contribution in [0.1, 0.15) is 23.9 Å². The number of aliphatic hydroxyl groups is 1. The normalized spacial score (nSPS) is 10.6. The summed E-state index contributed by atoms with van der Waals surface area (Å²) in [5.41, 5.74) is 3.64. The molecule has 0 atom stereocenters. The van der Waals surface area contributed by atoms with Crippen LogP contribution in [0.2, 0.25) is 0 Å². The summed E-state index contributed by atoms with van der Waals surface area (Å²) in [5, 5.41) is 17.5. The third-order valence-corrected chi connectivity index (χ3v) is 3.02. The molecule has 0 spiro atoms. The van der Waals surface area contributed by atoms with Gasteiger partial charge in [0.15, 0.2) is 0 Å². The van der Waals surface area contributed by atoms with E-state index in [9.17, 15) is 5.11 Å². The second-order valence-electron chi connectivity index (χ2n) is 4.78. The number of allylic oxidation sites excluding steroid dienone is 1. The van der Waals surface area contributed by atoms with Crippen LogP contribution in [0, 0.1) is 0 Å². The molecule has 0 bridgehead atoms. The van der Waals surface area contributed by atoms with Crippen molar-refractivity contribution < 1.29 is 9.84 Å². The Morgan fingerprint density at radius 2 is 2.05 bits per heavy atom. The largest absolute Gasteiger partial charge is 0.497 e. The van der Waals surface area contributed by atoms with E-state index in [1.54, 1.807) is 11.8 Å². The summed E-state index contributed by atoms with van der Waals surface area (Å²) in [5.74, 6) is 0.824. The molecular formula is C15H19N3O2. The summed E-state index contributed by atoms with van der Waals surface area (Å²) in [4.78, 5) is 0. The molecule has 2 aromatic rings. The van der Waals surface area contributed by atoms with Crippen molar-refractivity contribution in [1.82, 2.24) is 15.0 Å². The SMILES string of the molecule is C=C(C)Cn1nnc(CO)c1Cc1ccc(OC)cc1. The molecule has 0 radical (unpaired) electrons. The number of rotatable bonds is 6. The van der Waals surface area contributed by atoms with Gasteiger partial charge in [0.05, 0.1) is 26.0 Å². The van der Waals surface area contributed by atoms with Gasteiger partial charge in [0, 0.05) is 6.42 Å². The van der Waals surface area contributed by atoms with Crippen LogP contribution in [0.4, 0.5) is 0 Å². The Balaban J connectivity index is 2.25. The number of aliphatic hydroxyl groups excluding tert-OH is 1. The monoisotopic (exact) mass is 273 g/mol. The van der Waals surface area contributed by atoms with E-state index in [1.165, 1.54) is 0 Å². The van der Waals surface area contributed by atoms with E-state index in [-0.39, 0.29) is 6.61 Å². The number of nitrogens with zero attached hydrogens (tertiary/aromatic N) is 3. The molecule has 0 fully saturated rings. The van der Waals surface area contributed by atoms with Crippen LogP contribution in [0.3, 0.4) is 0 Å². The minimum atomic E-state index is -0.109. The van der Waals surface area contributed by atoms with E-state index in [2.05, 4.69) is 16.9 Å². The fourth-order valence-corrected chi connectivity index (χ4v) is 2.00. The maximum absolute atomic E-state index is 9.37. The predicted molar refractivity (Wildman–Crippen MR) is 76.6 cm³/mol. The van der Waals surface area contributed by atoms with E-state index in [0.717, 1.165) is 22.6 Å². The molecule has 0 aliphatic heterocycles. The smallest absolute Gasteiger partial charge is 0.118 e. The summed E-state index contributed by atoms with van der Waals surface area (Å²) in [6.07, 6.45) is 0.667. The van der Waals surface area contributed by atoms with Gasteiger partial charge < -0.3 is 9.84 Å². The number of aromatic nitrogens is 3. The molecule has 1 aromatic carbocycles. The third kappa shape index (κ3) is 3.24. The summed E-state index contributed by atoms with van der Waals surface area (Å²) < 4.78 is 6.93. The van der Waals surface area contributed by atoms with Gasteiger partial charge in [0.2, 0.25) is 0 Å². The molecule has 5 nitrogen and oxygen atoms in total. The first kappa shape index (κ1) is 14.3. The Hall–Kier alpha value is -2.14. The molecule has 0 amide bonds. The van der Waals surface area contributed by atoms with Gasteiger partial charge in [-0.3, -0.25) is 0 Å². The lowest BCUT2D eigenvalue weighted by Gasteiger charge is -2.08. The van der Waals surface area contributed by atoms with E-state index in [4.69, 9.17) is 4.74 Å². The van der Waals surface area contributed by atoms with Crippen LogP contribution in [0.25, 0.3) is 0 Å². The van der Waals surface area contributed by atoms with Crippen LogP contribution >= 0.6 is 0 Å². The predicted octanol–water partition coefficient (Wildman–Crippen LogP) is 1.95. The number of hydrogen-bond donors (Lipinski definition) is 1. The standard InChI is InChI=1S/C15H19N3O2/c1-11(2)9-18-15(14(10-19)16-17-18)8-12-4-6-13(20-3)7-5-12/h4-7,19H,1,8-10H2,2-3H3. The van der Waals surface area contributed by atoms with Gasteiger partial charge >= 0.3 is 0 Å². The Morgan fingerprint density at radius 3 is 2.60 bits per heavy atom. The average molecular weight is 273 g/mol. The zero-order valence-electron chi connectivity index (χ0n) is 11.8. The van der Waals surface area contributed by atoms with E-state index < -0.39 is 0 Å². The quantitative estimate of drug-likeness (QED) is 0.817. The fraction of sp³-hybridized carbons (Fsp3) is 0.333. The lowest BCUT2D eigenvalue weighted by atomic mass is 10.1. The molecular weight excluding hydrogens is 254 g/mol. The van der Waals surface area contributed by atoms with Gasteiger partial charge in [-0.05, 0) is 24.6 Å². The number of methoxy groups -OCH3 is 1. The van der Waals surface area contributed by atoms with Gasteiger partial charge in [-0.15, -0.1) is 5.10 Å². The third-order valence-electron chi connectivity index (χ3n) is 3.02. The summed E-state index contributed by atoms with van der Waals surface area (Å²) in [6.45, 7) is 6.33. The van der Waals surface area contributed by atoms with Crippen LogP contribution in [0.5, 0.6) is 5.75 Å². The van der Waals surface area contributed by atoms with Crippen molar-refractivity contribution in [2.45, 2.75) is 26.5 Å². The molecule has 0 unspecified atom stereocenters. The van der Waals surface area contributed by atoms with Gasteiger partial charge in [0.1, 0.15) is 11.4 Å². The minimum Gasteiger partial charge on any atom is -0.497 e. The molecule has 0 saturated heterocycles. The Kier molecular flexibility index (Phi) is 4.53. The second kappa shape index (κ2) is 6.34. The van der Waals surface area contributed by atoms with Gasteiger partial charge in [-0.1, -0.05) is 29.5 Å². The topological polar surface area (TPSA) is 60.2 Å². The van der Waals surface area contributed by atoms with E-state index in [1.807, 2.05) is 31.2 Å². The molecule has 20 heavy (non-hydrogen) atoms. The fourth-order valence-electron chi connectivity index (χ4n) is 2.00. The van der Waals surface area contributed by atoms with Crippen molar-refractivity contribution in [2.24, 2.45) is 0 Å². The van der Waals surface area contributed by atoms with Crippen molar-refractivity contribution in [1.29, 1.82) is 0 Å². The average Bonchev–Trinajstić information content (AvgIpc) is 2.81. The molecule has 106 valence electrons. The number of hydrogen-bond acceptors (Lipinski definition) is 4. The number of ether oxygens (including phenoxy) is 1. The maximum atomic E-state index is 9.37. The van der Waals surface area contributed by atoms with Crippen LogP contribution < -0.4 is 4.74 Å². The molecule has 1 N–H and O–H groups in total. The Morgan fingerprint density at radius 1 is 1.35 bits per heavy atom. The highest BCUT2D eigenvalue weighted by Gasteiger charge is 2.12. The summed E-state index contributed by atoms with van der Waals surface area (Å²) in [7, 11) is 1.64. The zero-order chi connectivity index (χ0) is 14.5. The molecule has 0 aliphatic carbocycles. The van der Waals surface area contributed by atoms with Gasteiger partial charge in [-0.25, -0.2) is 4.68 Å².